The van der Waals surface area contributed by atoms with Crippen molar-refractivity contribution in [2.24, 2.45) is 5.92 Å². The number of amides is 3. The van der Waals surface area contributed by atoms with Gasteiger partial charge in [0.1, 0.15) is 0 Å². The van der Waals surface area contributed by atoms with Gasteiger partial charge in [0.15, 0.2) is 0 Å². The van der Waals surface area contributed by atoms with E-state index >= 15 is 0 Å². The van der Waals surface area contributed by atoms with Crippen LogP contribution in [0.3, 0.4) is 0 Å². The van der Waals surface area contributed by atoms with Crippen LogP contribution in [0.2, 0.25) is 0 Å². The van der Waals surface area contributed by atoms with Gasteiger partial charge < -0.3 is 15.5 Å². The molecule has 0 aromatic heterocycles. The summed E-state index contributed by atoms with van der Waals surface area (Å²) in [5.41, 5.74) is 0. The molecule has 0 spiro atoms. The summed E-state index contributed by atoms with van der Waals surface area (Å²) in [6.07, 6.45) is 0. The molecule has 2 N–H and O–H groups in total. The third kappa shape index (κ3) is 2.61. The molecule has 0 aromatic carbocycles. The Morgan fingerprint density at radius 1 is 1.46 bits per heavy atom. The van der Waals surface area contributed by atoms with E-state index in [1.165, 1.54) is 7.05 Å². The largest absolute Gasteiger partial charge is 0.341 e. The van der Waals surface area contributed by atoms with E-state index in [0.717, 1.165) is 13.1 Å². The van der Waals surface area contributed by atoms with Crippen molar-refractivity contribution in [3.63, 3.8) is 0 Å². The topological polar surface area (TPSA) is 61.4 Å². The number of carbonyl (C=O) groups excluding carboxylic acids is 2. The monoisotopic (exact) mass is 185 g/mol. The van der Waals surface area contributed by atoms with E-state index in [0.29, 0.717) is 5.92 Å². The maximum absolute atomic E-state index is 11.3. The van der Waals surface area contributed by atoms with Gasteiger partial charge in [0.25, 0.3) is 0 Å². The third-order valence-corrected chi connectivity index (χ3v) is 2.04. The lowest BCUT2D eigenvalue weighted by Crippen LogP contribution is -2.52. The molecule has 1 fully saturated rings. The van der Waals surface area contributed by atoms with Crippen molar-refractivity contribution < 1.29 is 9.59 Å². The van der Waals surface area contributed by atoms with E-state index in [1.54, 1.807) is 4.90 Å². The van der Waals surface area contributed by atoms with Crippen LogP contribution < -0.4 is 10.6 Å². The molecular formula is C8H15N3O2. The predicted molar refractivity (Wildman–Crippen MR) is 48.2 cm³/mol. The number of likely N-dealkylation sites (tertiary alicyclic amines) is 1. The molecule has 5 heteroatoms. The molecule has 1 rings (SSSR count). The highest BCUT2D eigenvalue weighted by molar-refractivity contribution is 5.84. The standard InChI is InChI=1S/C8H15N3O2/c1-6-4-11(5-6)7(12)3-10-8(13)9-2/h6H,3-5H2,1-2H3,(H2,9,10,13). The molecule has 0 aromatic rings. The van der Waals surface area contributed by atoms with Crippen LogP contribution in [0.25, 0.3) is 0 Å². The molecule has 5 nitrogen and oxygen atoms in total. The molecule has 1 aliphatic heterocycles. The van der Waals surface area contributed by atoms with Gasteiger partial charge in [-0.1, -0.05) is 6.92 Å². The smallest absolute Gasteiger partial charge is 0.314 e. The summed E-state index contributed by atoms with van der Waals surface area (Å²) >= 11 is 0. The fraction of sp³-hybridized carbons (Fsp3) is 0.750. The lowest BCUT2D eigenvalue weighted by Gasteiger charge is -2.37. The first-order chi connectivity index (χ1) is 6.13. The number of carbonyl (C=O) groups is 2. The minimum atomic E-state index is -0.318. The van der Waals surface area contributed by atoms with Crippen molar-refractivity contribution in [1.82, 2.24) is 15.5 Å². The SMILES string of the molecule is CNC(=O)NCC(=O)N1CC(C)C1. The molecule has 1 saturated heterocycles. The third-order valence-electron chi connectivity index (χ3n) is 2.04. The summed E-state index contributed by atoms with van der Waals surface area (Å²) in [6, 6.07) is -0.318. The molecular weight excluding hydrogens is 170 g/mol. The molecule has 0 unspecified atom stereocenters. The molecule has 0 aliphatic carbocycles. The lowest BCUT2D eigenvalue weighted by atomic mass is 10.0. The van der Waals surface area contributed by atoms with Crippen LogP contribution >= 0.6 is 0 Å². The van der Waals surface area contributed by atoms with Gasteiger partial charge in [0.05, 0.1) is 6.54 Å². The van der Waals surface area contributed by atoms with Crippen LogP contribution in [0, 0.1) is 5.92 Å². The molecule has 0 bridgehead atoms. The first kappa shape index (κ1) is 9.83. The minimum Gasteiger partial charge on any atom is -0.341 e. The van der Waals surface area contributed by atoms with Gasteiger partial charge >= 0.3 is 6.03 Å². The van der Waals surface area contributed by atoms with E-state index in [-0.39, 0.29) is 18.5 Å². The number of urea groups is 1. The average Bonchev–Trinajstić information content (AvgIpc) is 2.08. The maximum atomic E-state index is 11.3. The highest BCUT2D eigenvalue weighted by atomic mass is 16.2. The number of nitrogens with zero attached hydrogens (tertiary/aromatic N) is 1. The number of nitrogens with one attached hydrogen (secondary N) is 2. The molecule has 0 radical (unpaired) electrons. The van der Waals surface area contributed by atoms with Crippen molar-refractivity contribution in [1.29, 1.82) is 0 Å². The second kappa shape index (κ2) is 4.11. The van der Waals surface area contributed by atoms with Gasteiger partial charge in [-0.15, -0.1) is 0 Å². The van der Waals surface area contributed by atoms with Gasteiger partial charge in [0, 0.05) is 20.1 Å². The molecule has 13 heavy (non-hydrogen) atoms. The zero-order valence-electron chi connectivity index (χ0n) is 7.96. The summed E-state index contributed by atoms with van der Waals surface area (Å²) in [5, 5.41) is 4.84. The summed E-state index contributed by atoms with van der Waals surface area (Å²) in [4.78, 5) is 23.7. The Bertz CT molecular complexity index is 211. The van der Waals surface area contributed by atoms with Crippen LogP contribution in [0.4, 0.5) is 4.79 Å². The first-order valence-electron chi connectivity index (χ1n) is 4.37. The quantitative estimate of drug-likeness (QED) is 0.603. The minimum absolute atomic E-state index is 0.0123. The Balaban J connectivity index is 2.15. The summed E-state index contributed by atoms with van der Waals surface area (Å²) in [7, 11) is 1.52. The Labute approximate surface area is 77.5 Å². The van der Waals surface area contributed by atoms with Crippen LogP contribution in [0.1, 0.15) is 6.92 Å². The van der Waals surface area contributed by atoms with Gasteiger partial charge in [-0.2, -0.15) is 0 Å². The molecule has 1 aliphatic rings. The summed E-state index contributed by atoms with van der Waals surface area (Å²) in [6.45, 7) is 3.81. The van der Waals surface area contributed by atoms with Gasteiger partial charge in [-0.05, 0) is 5.92 Å². The predicted octanol–water partition coefficient (Wildman–Crippen LogP) is -0.606. The van der Waals surface area contributed by atoms with Crippen molar-refractivity contribution in [3.05, 3.63) is 0 Å². The first-order valence-corrected chi connectivity index (χ1v) is 4.37. The number of hydrogen-bond donors (Lipinski definition) is 2. The van der Waals surface area contributed by atoms with Gasteiger partial charge in [-0.3, -0.25) is 4.79 Å². The fourth-order valence-corrected chi connectivity index (χ4v) is 1.26. The van der Waals surface area contributed by atoms with Crippen molar-refractivity contribution in [3.8, 4) is 0 Å². The molecule has 0 atom stereocenters. The van der Waals surface area contributed by atoms with E-state index in [2.05, 4.69) is 17.6 Å². The van der Waals surface area contributed by atoms with Gasteiger partial charge in [0.2, 0.25) is 5.91 Å². The summed E-state index contributed by atoms with van der Waals surface area (Å²) in [5.74, 6) is 0.589. The second-order valence-electron chi connectivity index (χ2n) is 3.34. The van der Waals surface area contributed by atoms with Crippen molar-refractivity contribution in [2.75, 3.05) is 26.7 Å². The zero-order chi connectivity index (χ0) is 9.84. The van der Waals surface area contributed by atoms with E-state index < -0.39 is 0 Å². The Morgan fingerprint density at radius 3 is 2.54 bits per heavy atom. The van der Waals surface area contributed by atoms with Crippen molar-refractivity contribution in [2.45, 2.75) is 6.92 Å². The van der Waals surface area contributed by atoms with E-state index in [4.69, 9.17) is 0 Å². The lowest BCUT2D eigenvalue weighted by molar-refractivity contribution is -0.135. The van der Waals surface area contributed by atoms with E-state index in [9.17, 15) is 9.59 Å². The molecule has 1 heterocycles. The number of rotatable bonds is 2. The summed E-state index contributed by atoms with van der Waals surface area (Å²) < 4.78 is 0. The maximum Gasteiger partial charge on any atom is 0.314 e. The van der Waals surface area contributed by atoms with Gasteiger partial charge in [-0.25, -0.2) is 4.79 Å². The Hall–Kier alpha value is -1.26. The second-order valence-corrected chi connectivity index (χ2v) is 3.34. The van der Waals surface area contributed by atoms with Crippen LogP contribution in [-0.4, -0.2) is 43.5 Å². The number of hydrogen-bond acceptors (Lipinski definition) is 2. The average molecular weight is 185 g/mol. The molecule has 0 saturated carbocycles. The van der Waals surface area contributed by atoms with Crippen molar-refractivity contribution >= 4 is 11.9 Å². The molecule has 74 valence electrons. The zero-order valence-corrected chi connectivity index (χ0v) is 7.96. The normalized spacial score (nSPS) is 16.3. The van der Waals surface area contributed by atoms with Crippen LogP contribution in [0.5, 0.6) is 0 Å². The Morgan fingerprint density at radius 2 is 2.08 bits per heavy atom. The van der Waals surface area contributed by atoms with Crippen LogP contribution in [0.15, 0.2) is 0 Å². The van der Waals surface area contributed by atoms with E-state index in [1.807, 2.05) is 0 Å². The van der Waals surface area contributed by atoms with Crippen LogP contribution in [-0.2, 0) is 4.79 Å². The Kier molecular flexibility index (Phi) is 3.11. The fourth-order valence-electron chi connectivity index (χ4n) is 1.26. The highest BCUT2D eigenvalue weighted by Crippen LogP contribution is 2.13. The molecule has 3 amide bonds. The highest BCUT2D eigenvalue weighted by Gasteiger charge is 2.26.